The van der Waals surface area contributed by atoms with Crippen LogP contribution in [0.4, 0.5) is 0 Å². The van der Waals surface area contributed by atoms with E-state index >= 15 is 0 Å². The first-order chi connectivity index (χ1) is 7.58. The van der Waals surface area contributed by atoms with Crippen molar-refractivity contribution in [2.75, 3.05) is 0 Å². The van der Waals surface area contributed by atoms with Crippen LogP contribution >= 0.6 is 0 Å². The Morgan fingerprint density at radius 2 is 1.94 bits per heavy atom. The van der Waals surface area contributed by atoms with Crippen molar-refractivity contribution in [2.24, 2.45) is 5.92 Å². The summed E-state index contributed by atoms with van der Waals surface area (Å²) in [4.78, 5) is 0. The first kappa shape index (κ1) is 13.2. The second-order valence-corrected chi connectivity index (χ2v) is 4.68. The third-order valence-corrected chi connectivity index (χ3v) is 3.33. The molecule has 16 heavy (non-hydrogen) atoms. The summed E-state index contributed by atoms with van der Waals surface area (Å²) < 4.78 is 2.06. The van der Waals surface area contributed by atoms with Gasteiger partial charge in [0.25, 0.3) is 0 Å². The molecule has 1 rings (SSSR count). The van der Waals surface area contributed by atoms with E-state index in [2.05, 4.69) is 42.8 Å². The normalized spacial score (nSPS) is 15.4. The average molecular weight is 224 g/mol. The zero-order valence-electron chi connectivity index (χ0n) is 10.8. The lowest BCUT2D eigenvalue weighted by Gasteiger charge is -2.14. The highest BCUT2D eigenvalue weighted by molar-refractivity contribution is 5.01. The van der Waals surface area contributed by atoms with Gasteiger partial charge in [0.1, 0.15) is 0 Å². The van der Waals surface area contributed by atoms with Crippen molar-refractivity contribution in [3.8, 4) is 0 Å². The van der Waals surface area contributed by atoms with Crippen LogP contribution in [-0.2, 0) is 6.42 Å². The van der Waals surface area contributed by atoms with E-state index in [0.717, 1.165) is 25.0 Å². The van der Waals surface area contributed by atoms with E-state index in [1.165, 1.54) is 0 Å². The maximum absolute atomic E-state index is 9.46. The lowest BCUT2D eigenvalue weighted by molar-refractivity contribution is 0.134. The van der Waals surface area contributed by atoms with Crippen molar-refractivity contribution in [3.63, 3.8) is 0 Å². The van der Waals surface area contributed by atoms with Crippen molar-refractivity contribution >= 4 is 0 Å². The molecule has 0 radical (unpaired) electrons. The molecule has 3 heteroatoms. The average Bonchev–Trinajstić information content (AvgIpc) is 2.68. The molecule has 0 aliphatic rings. The molecule has 0 amide bonds. The van der Waals surface area contributed by atoms with Crippen LogP contribution in [0, 0.1) is 5.92 Å². The molecule has 1 heterocycles. The summed E-state index contributed by atoms with van der Waals surface area (Å²) in [5.74, 6) is 0.269. The van der Waals surface area contributed by atoms with Gasteiger partial charge in [-0.1, -0.05) is 20.8 Å². The van der Waals surface area contributed by atoms with Crippen LogP contribution in [0.1, 0.15) is 52.3 Å². The van der Waals surface area contributed by atoms with E-state index in [9.17, 15) is 5.11 Å². The Hall–Kier alpha value is -0.830. The molecule has 0 saturated heterocycles. The third kappa shape index (κ3) is 3.34. The lowest BCUT2D eigenvalue weighted by atomic mass is 10.0. The highest BCUT2D eigenvalue weighted by Gasteiger charge is 2.13. The van der Waals surface area contributed by atoms with Crippen molar-refractivity contribution in [3.05, 3.63) is 18.0 Å². The van der Waals surface area contributed by atoms with Gasteiger partial charge in [-0.25, -0.2) is 0 Å². The van der Waals surface area contributed by atoms with Crippen molar-refractivity contribution in [1.29, 1.82) is 0 Å². The number of aromatic nitrogens is 2. The van der Waals surface area contributed by atoms with Gasteiger partial charge < -0.3 is 5.11 Å². The van der Waals surface area contributed by atoms with E-state index < -0.39 is 0 Å². The van der Waals surface area contributed by atoms with Gasteiger partial charge in [0.2, 0.25) is 0 Å². The zero-order chi connectivity index (χ0) is 12.1. The fraction of sp³-hybridized carbons (Fsp3) is 0.769. The Bertz CT molecular complexity index is 303. The summed E-state index contributed by atoms with van der Waals surface area (Å²) in [6.07, 6.45) is 4.87. The van der Waals surface area contributed by atoms with Gasteiger partial charge in [-0.2, -0.15) is 5.10 Å². The maximum atomic E-state index is 9.46. The van der Waals surface area contributed by atoms with E-state index in [0.29, 0.717) is 6.04 Å². The molecular weight excluding hydrogens is 200 g/mol. The second kappa shape index (κ2) is 6.04. The van der Waals surface area contributed by atoms with Gasteiger partial charge in [0.05, 0.1) is 17.8 Å². The first-order valence-electron chi connectivity index (χ1n) is 6.30. The molecule has 3 nitrogen and oxygen atoms in total. The fourth-order valence-corrected chi connectivity index (χ4v) is 1.85. The molecule has 0 bridgehead atoms. The first-order valence-corrected chi connectivity index (χ1v) is 6.30. The SMILES string of the molecule is CCC(CC)n1ccc(CC(C)C(C)O)n1. The quantitative estimate of drug-likeness (QED) is 0.807. The van der Waals surface area contributed by atoms with Gasteiger partial charge in [0.15, 0.2) is 0 Å². The summed E-state index contributed by atoms with van der Waals surface area (Å²) in [7, 11) is 0. The molecule has 1 N–H and O–H groups in total. The van der Waals surface area contributed by atoms with E-state index in [1.807, 2.05) is 6.92 Å². The van der Waals surface area contributed by atoms with Gasteiger partial charge in [-0.05, 0) is 38.2 Å². The Labute approximate surface area is 98.5 Å². The predicted octanol–water partition coefficient (Wildman–Crippen LogP) is 2.80. The smallest absolute Gasteiger partial charge is 0.0628 e. The molecule has 0 spiro atoms. The predicted molar refractivity (Wildman–Crippen MR) is 66.4 cm³/mol. The molecule has 0 fully saturated rings. The largest absolute Gasteiger partial charge is 0.393 e. The highest BCUT2D eigenvalue weighted by Crippen LogP contribution is 2.16. The number of aliphatic hydroxyl groups excluding tert-OH is 1. The van der Waals surface area contributed by atoms with Crippen molar-refractivity contribution < 1.29 is 5.11 Å². The van der Waals surface area contributed by atoms with Crippen LogP contribution in [0.5, 0.6) is 0 Å². The Balaban J connectivity index is 2.64. The molecule has 0 aliphatic heterocycles. The molecule has 2 atom stereocenters. The summed E-state index contributed by atoms with van der Waals surface area (Å²) in [6, 6.07) is 2.58. The van der Waals surface area contributed by atoms with Gasteiger partial charge in [-0.3, -0.25) is 4.68 Å². The number of aliphatic hydroxyl groups is 1. The summed E-state index contributed by atoms with van der Waals surface area (Å²) in [5.41, 5.74) is 1.08. The Morgan fingerprint density at radius 1 is 1.31 bits per heavy atom. The zero-order valence-corrected chi connectivity index (χ0v) is 10.8. The Kier molecular flexibility index (Phi) is 5.00. The van der Waals surface area contributed by atoms with E-state index in [-0.39, 0.29) is 12.0 Å². The van der Waals surface area contributed by atoms with Crippen LogP contribution in [0.25, 0.3) is 0 Å². The van der Waals surface area contributed by atoms with Crippen LogP contribution < -0.4 is 0 Å². The molecule has 2 unspecified atom stereocenters. The minimum absolute atomic E-state index is 0.265. The number of nitrogens with zero attached hydrogens (tertiary/aromatic N) is 2. The number of hydrogen-bond donors (Lipinski definition) is 1. The molecule has 0 aliphatic carbocycles. The van der Waals surface area contributed by atoms with Crippen LogP contribution in [0.15, 0.2) is 12.3 Å². The number of hydrogen-bond acceptors (Lipinski definition) is 2. The van der Waals surface area contributed by atoms with Crippen molar-refractivity contribution in [1.82, 2.24) is 9.78 Å². The molecule has 1 aromatic heterocycles. The maximum Gasteiger partial charge on any atom is 0.0628 e. The minimum Gasteiger partial charge on any atom is -0.393 e. The molecule has 0 aromatic carbocycles. The standard InChI is InChI=1S/C13H24N2O/c1-5-13(6-2)15-8-7-12(14-15)9-10(3)11(4)16/h7-8,10-11,13,16H,5-6,9H2,1-4H3. The monoisotopic (exact) mass is 224 g/mol. The summed E-state index contributed by atoms with van der Waals surface area (Å²) in [6.45, 7) is 8.27. The van der Waals surface area contributed by atoms with Crippen molar-refractivity contribution in [2.45, 2.75) is 59.1 Å². The lowest BCUT2D eigenvalue weighted by Crippen LogP contribution is -2.16. The molecule has 92 valence electrons. The van der Waals surface area contributed by atoms with Gasteiger partial charge in [0, 0.05) is 6.20 Å². The van der Waals surface area contributed by atoms with E-state index in [1.54, 1.807) is 0 Å². The minimum atomic E-state index is -0.265. The summed E-state index contributed by atoms with van der Waals surface area (Å²) >= 11 is 0. The van der Waals surface area contributed by atoms with Gasteiger partial charge in [-0.15, -0.1) is 0 Å². The van der Waals surface area contributed by atoms with Crippen LogP contribution in [0.3, 0.4) is 0 Å². The van der Waals surface area contributed by atoms with E-state index in [4.69, 9.17) is 0 Å². The number of rotatable bonds is 6. The molecule has 1 aromatic rings. The summed E-state index contributed by atoms with van der Waals surface area (Å²) in [5, 5.41) is 14.0. The Morgan fingerprint density at radius 3 is 2.44 bits per heavy atom. The molecular formula is C13H24N2O. The third-order valence-electron chi connectivity index (χ3n) is 3.33. The van der Waals surface area contributed by atoms with Crippen LogP contribution in [-0.4, -0.2) is 21.0 Å². The fourth-order valence-electron chi connectivity index (χ4n) is 1.85. The molecule has 0 saturated carbocycles. The highest BCUT2D eigenvalue weighted by atomic mass is 16.3. The topological polar surface area (TPSA) is 38.0 Å². The second-order valence-electron chi connectivity index (χ2n) is 4.68. The van der Waals surface area contributed by atoms with Crippen LogP contribution in [0.2, 0.25) is 0 Å². The van der Waals surface area contributed by atoms with Gasteiger partial charge >= 0.3 is 0 Å².